The first-order chi connectivity index (χ1) is 15.1. The normalized spacial score (nSPS) is 40.1. The predicted molar refractivity (Wildman–Crippen MR) is 96.4 cm³/mol. The first kappa shape index (κ1) is 27.4. The zero-order chi connectivity index (χ0) is 24.2. The molecule has 10 N–H and O–H groups in total. The molecule has 2 aliphatic heterocycles. The largest absolute Gasteiger partial charge is 0.394 e. The zero-order valence-corrected chi connectivity index (χ0v) is 16.7. The van der Waals surface area contributed by atoms with Crippen molar-refractivity contribution < 1.29 is 74.8 Å². The summed E-state index contributed by atoms with van der Waals surface area (Å²) in [5.74, 6) is 0. The van der Waals surface area contributed by atoms with Crippen molar-refractivity contribution in [3.05, 3.63) is 0 Å². The van der Waals surface area contributed by atoms with E-state index in [1.165, 1.54) is 0 Å². The number of carbonyl (C=O) groups is 1. The van der Waals surface area contributed by atoms with Crippen LogP contribution in [-0.2, 0) is 23.7 Å². The van der Waals surface area contributed by atoms with E-state index in [1.54, 1.807) is 0 Å². The van der Waals surface area contributed by atoms with Crippen LogP contribution in [0.25, 0.3) is 0 Å². The SMILES string of the molecule is O=C[C@H](O)[C@@H](O)[C@@H](O)[C@@H](CO[C@@H]1O[C@@H]([C@H](O)CO)[C@H](O)[C@H]1O)O[C@H]1O[C@H](CO)[C@@H](O)[C@@H]1O. The minimum atomic E-state index is -2.08. The molecule has 0 aromatic carbocycles. The predicted octanol–water partition coefficient (Wildman–Crippen LogP) is -7.09. The number of hydrogen-bond acceptors (Lipinski definition) is 15. The zero-order valence-electron chi connectivity index (χ0n) is 16.7. The second kappa shape index (κ2) is 12.0. The number of rotatable bonds is 12. The Labute approximate surface area is 181 Å². The lowest BCUT2D eigenvalue weighted by molar-refractivity contribution is -0.254. The number of ether oxygens (including phenoxy) is 4. The van der Waals surface area contributed by atoms with Gasteiger partial charge in [0, 0.05) is 0 Å². The van der Waals surface area contributed by atoms with Crippen LogP contribution in [-0.4, -0.2) is 157 Å². The molecule has 2 fully saturated rings. The Morgan fingerprint density at radius 1 is 0.844 bits per heavy atom. The molecule has 0 amide bonds. The van der Waals surface area contributed by atoms with Crippen molar-refractivity contribution in [2.75, 3.05) is 19.8 Å². The maximum Gasteiger partial charge on any atom is 0.187 e. The Balaban J connectivity index is 2.10. The molecule has 15 heteroatoms. The van der Waals surface area contributed by atoms with E-state index in [0.717, 1.165) is 0 Å². The van der Waals surface area contributed by atoms with Crippen molar-refractivity contribution in [1.82, 2.24) is 0 Å². The third-order valence-electron chi connectivity index (χ3n) is 5.28. The topological polar surface area (TPSA) is 256 Å². The van der Waals surface area contributed by atoms with Crippen molar-refractivity contribution in [3.8, 4) is 0 Å². The van der Waals surface area contributed by atoms with Crippen LogP contribution in [0.1, 0.15) is 0 Å². The molecular weight excluding hydrogens is 444 g/mol. The molecule has 2 heterocycles. The highest BCUT2D eigenvalue weighted by molar-refractivity contribution is 5.56. The molecule has 0 saturated carbocycles. The lowest BCUT2D eigenvalue weighted by atomic mass is 10.0. The van der Waals surface area contributed by atoms with Gasteiger partial charge in [-0.25, -0.2) is 0 Å². The maximum absolute atomic E-state index is 10.7. The Bertz CT molecular complexity index is 580. The van der Waals surface area contributed by atoms with Crippen LogP contribution in [0.15, 0.2) is 0 Å². The molecule has 0 spiro atoms. The van der Waals surface area contributed by atoms with Gasteiger partial charge in [0.25, 0.3) is 0 Å². The number of carbonyl (C=O) groups excluding carboxylic acids is 1. The summed E-state index contributed by atoms with van der Waals surface area (Å²) in [4.78, 5) is 10.7. The first-order valence-electron chi connectivity index (χ1n) is 9.76. The molecule has 2 rings (SSSR count). The van der Waals surface area contributed by atoms with Crippen molar-refractivity contribution in [1.29, 1.82) is 0 Å². The molecule has 0 radical (unpaired) electrons. The van der Waals surface area contributed by atoms with Gasteiger partial charge in [-0.3, -0.25) is 0 Å². The van der Waals surface area contributed by atoms with E-state index in [-0.39, 0.29) is 6.29 Å². The maximum atomic E-state index is 10.7. The fourth-order valence-corrected chi connectivity index (χ4v) is 3.29. The number of aldehydes is 1. The third kappa shape index (κ3) is 5.96. The summed E-state index contributed by atoms with van der Waals surface area (Å²) in [6.07, 6.45) is -21.8. The van der Waals surface area contributed by atoms with E-state index in [9.17, 15) is 45.6 Å². The molecule has 0 aromatic rings. The summed E-state index contributed by atoms with van der Waals surface area (Å²) in [5.41, 5.74) is 0. The molecule has 0 unspecified atom stereocenters. The highest BCUT2D eigenvalue weighted by atomic mass is 16.7. The summed E-state index contributed by atoms with van der Waals surface area (Å²) in [5, 5.41) is 97.3. The fourth-order valence-electron chi connectivity index (χ4n) is 3.29. The Hall–Kier alpha value is -0.890. The van der Waals surface area contributed by atoms with Gasteiger partial charge in [-0.15, -0.1) is 0 Å². The van der Waals surface area contributed by atoms with E-state index >= 15 is 0 Å². The van der Waals surface area contributed by atoms with Gasteiger partial charge in [-0.05, 0) is 0 Å². The average molecular weight is 474 g/mol. The fraction of sp³-hybridized carbons (Fsp3) is 0.941. The van der Waals surface area contributed by atoms with Gasteiger partial charge in [0.1, 0.15) is 67.1 Å². The molecule has 0 bridgehead atoms. The smallest absolute Gasteiger partial charge is 0.187 e. The minimum Gasteiger partial charge on any atom is -0.394 e. The van der Waals surface area contributed by atoms with Gasteiger partial charge in [0.05, 0.1) is 19.8 Å². The van der Waals surface area contributed by atoms with Gasteiger partial charge in [0.2, 0.25) is 0 Å². The van der Waals surface area contributed by atoms with Crippen molar-refractivity contribution >= 4 is 6.29 Å². The molecule has 2 saturated heterocycles. The molecule has 188 valence electrons. The molecular formula is C17H30O15. The Kier molecular flexibility index (Phi) is 10.3. The Morgan fingerprint density at radius 3 is 2.00 bits per heavy atom. The highest BCUT2D eigenvalue weighted by Gasteiger charge is 2.48. The molecule has 13 atom stereocenters. The molecule has 0 aliphatic carbocycles. The lowest BCUT2D eigenvalue weighted by Gasteiger charge is -2.31. The van der Waals surface area contributed by atoms with E-state index in [1.807, 2.05) is 0 Å². The first-order valence-corrected chi connectivity index (χ1v) is 9.76. The van der Waals surface area contributed by atoms with Crippen molar-refractivity contribution in [2.45, 2.75) is 79.7 Å². The van der Waals surface area contributed by atoms with Gasteiger partial charge in [-0.2, -0.15) is 0 Å². The molecule has 32 heavy (non-hydrogen) atoms. The van der Waals surface area contributed by atoms with Gasteiger partial charge in [-0.1, -0.05) is 0 Å². The summed E-state index contributed by atoms with van der Waals surface area (Å²) in [6, 6.07) is 0. The highest BCUT2D eigenvalue weighted by Crippen LogP contribution is 2.27. The van der Waals surface area contributed by atoms with Crippen molar-refractivity contribution in [2.24, 2.45) is 0 Å². The summed E-state index contributed by atoms with van der Waals surface area (Å²) < 4.78 is 20.8. The quantitative estimate of drug-likeness (QED) is 0.118. The van der Waals surface area contributed by atoms with Gasteiger partial charge in [0.15, 0.2) is 18.9 Å². The average Bonchev–Trinajstić information content (AvgIpc) is 3.24. The monoisotopic (exact) mass is 474 g/mol. The molecule has 15 nitrogen and oxygen atoms in total. The number of aliphatic hydroxyl groups is 10. The summed E-state index contributed by atoms with van der Waals surface area (Å²) >= 11 is 0. The van der Waals surface area contributed by atoms with E-state index in [0.29, 0.717) is 0 Å². The minimum absolute atomic E-state index is 0.0562. The van der Waals surface area contributed by atoms with E-state index < -0.39 is 99.5 Å². The van der Waals surface area contributed by atoms with Crippen LogP contribution in [0.3, 0.4) is 0 Å². The summed E-state index contributed by atoms with van der Waals surface area (Å²) in [7, 11) is 0. The van der Waals surface area contributed by atoms with Crippen LogP contribution in [0.4, 0.5) is 0 Å². The van der Waals surface area contributed by atoms with Crippen LogP contribution in [0.2, 0.25) is 0 Å². The van der Waals surface area contributed by atoms with E-state index in [4.69, 9.17) is 29.2 Å². The van der Waals surface area contributed by atoms with Gasteiger partial charge < -0.3 is 74.8 Å². The van der Waals surface area contributed by atoms with Gasteiger partial charge >= 0.3 is 0 Å². The van der Waals surface area contributed by atoms with E-state index in [2.05, 4.69) is 0 Å². The van der Waals surface area contributed by atoms with Crippen LogP contribution in [0.5, 0.6) is 0 Å². The van der Waals surface area contributed by atoms with Crippen molar-refractivity contribution in [3.63, 3.8) is 0 Å². The second-order valence-electron chi connectivity index (χ2n) is 7.52. The van der Waals surface area contributed by atoms with Crippen LogP contribution in [0, 0.1) is 0 Å². The number of hydrogen-bond donors (Lipinski definition) is 10. The number of aliphatic hydroxyl groups excluding tert-OH is 10. The van der Waals surface area contributed by atoms with Crippen LogP contribution >= 0.6 is 0 Å². The second-order valence-corrected chi connectivity index (χ2v) is 7.52. The third-order valence-corrected chi connectivity index (χ3v) is 5.28. The lowest BCUT2D eigenvalue weighted by Crippen LogP contribution is -2.50. The standard InChI is InChI=1S/C17H30O15/c18-1-5(21)9(23)11(25)8(31-17-13(27)10(24)7(3-20)30-17)4-29-16-14(28)12(26)15(32-16)6(22)2-19/h1,5-17,19-28H,2-4H2/t5-,6+,7+,8+,9+,10+,11-,12+,13-,14+,15-,16+,17+/m0/s1. The van der Waals surface area contributed by atoms with Crippen LogP contribution < -0.4 is 0 Å². The molecule has 2 aliphatic rings. The molecule has 0 aromatic heterocycles. The summed E-state index contributed by atoms with van der Waals surface area (Å²) in [6.45, 7) is -2.21. The Morgan fingerprint density at radius 2 is 1.47 bits per heavy atom.